The third-order valence-electron chi connectivity index (χ3n) is 5.26. The van der Waals surface area contributed by atoms with E-state index in [0.29, 0.717) is 0 Å². The molecule has 2 heterocycles. The van der Waals surface area contributed by atoms with E-state index >= 15 is 0 Å². The summed E-state index contributed by atoms with van der Waals surface area (Å²) in [5.41, 5.74) is -0.209. The Morgan fingerprint density at radius 2 is 1.34 bits per heavy atom. The summed E-state index contributed by atoms with van der Waals surface area (Å²) in [5.74, 6) is 0.0586. The number of nitro benzene ring substituents is 1. The molecular weight excluding hydrogens is 438 g/mol. The van der Waals surface area contributed by atoms with Gasteiger partial charge in [0.1, 0.15) is 48.5 Å². The molecule has 32 heavy (non-hydrogen) atoms. The molecule has 3 rings (SSSR count). The molecule has 14 heteroatoms. The average Bonchev–Trinajstić information content (AvgIpc) is 2.78. The summed E-state index contributed by atoms with van der Waals surface area (Å²) in [6, 6.07) is 4.80. The van der Waals surface area contributed by atoms with E-state index in [0.717, 1.165) is 12.1 Å². The van der Waals surface area contributed by atoms with Gasteiger partial charge in [-0.25, -0.2) is 0 Å². The molecule has 0 saturated carbocycles. The van der Waals surface area contributed by atoms with Crippen molar-refractivity contribution in [1.82, 2.24) is 0 Å². The fourth-order valence-corrected chi connectivity index (χ4v) is 3.41. The normalized spacial score (nSPS) is 40.1. The van der Waals surface area contributed by atoms with Gasteiger partial charge in [-0.3, -0.25) is 10.1 Å². The largest absolute Gasteiger partial charge is 0.462 e. The van der Waals surface area contributed by atoms with Crippen LogP contribution in [0.3, 0.4) is 0 Å². The van der Waals surface area contributed by atoms with Crippen LogP contribution in [0.4, 0.5) is 5.69 Å². The summed E-state index contributed by atoms with van der Waals surface area (Å²) >= 11 is 0. The quantitative estimate of drug-likeness (QED) is 0.155. The lowest BCUT2D eigenvalue weighted by Crippen LogP contribution is -2.65. The molecule has 0 unspecified atom stereocenters. The highest BCUT2D eigenvalue weighted by Gasteiger charge is 2.51. The van der Waals surface area contributed by atoms with Crippen molar-refractivity contribution in [3.8, 4) is 5.75 Å². The molecule has 180 valence electrons. The van der Waals surface area contributed by atoms with E-state index in [4.69, 9.17) is 18.9 Å². The van der Waals surface area contributed by atoms with Gasteiger partial charge in [0.05, 0.1) is 18.1 Å². The standard InChI is InChI=1S/C18H25NO13/c20-5-9-11(22)13(24)15(26)17(30-9)32-16-14(25)12(23)10(6-21)31-18(16)29-8-3-1-7(2-4-8)19(27)28/h1-4,9-18,20-26H,5-6H2/t9-,10-,11-,12-,13+,14+,15-,16+,17+,18+/m1/s1. The van der Waals surface area contributed by atoms with Crippen molar-refractivity contribution in [3.63, 3.8) is 0 Å². The van der Waals surface area contributed by atoms with Crippen molar-refractivity contribution in [2.24, 2.45) is 0 Å². The summed E-state index contributed by atoms with van der Waals surface area (Å²) in [5, 5.41) is 80.3. The smallest absolute Gasteiger partial charge is 0.269 e. The first kappa shape index (κ1) is 24.7. The second kappa shape index (κ2) is 10.3. The Balaban J connectivity index is 1.81. The minimum atomic E-state index is -1.80. The predicted octanol–water partition coefficient (Wildman–Crippen LogP) is -3.40. The lowest BCUT2D eigenvalue weighted by molar-refractivity contribution is -0.384. The topological polar surface area (TPSA) is 222 Å². The van der Waals surface area contributed by atoms with Gasteiger partial charge in [-0.15, -0.1) is 0 Å². The molecule has 1 aromatic carbocycles. The van der Waals surface area contributed by atoms with E-state index in [-0.39, 0.29) is 11.4 Å². The summed E-state index contributed by atoms with van der Waals surface area (Å²) in [6.07, 6.45) is -15.8. The minimum Gasteiger partial charge on any atom is -0.462 e. The maximum Gasteiger partial charge on any atom is 0.269 e. The number of aliphatic hydroxyl groups is 7. The van der Waals surface area contributed by atoms with Crippen LogP contribution in [0.5, 0.6) is 5.75 Å². The van der Waals surface area contributed by atoms with Gasteiger partial charge in [0.2, 0.25) is 6.29 Å². The number of hydrogen-bond donors (Lipinski definition) is 7. The summed E-state index contributed by atoms with van der Waals surface area (Å²) in [7, 11) is 0. The number of benzene rings is 1. The van der Waals surface area contributed by atoms with E-state index in [2.05, 4.69) is 0 Å². The highest BCUT2D eigenvalue weighted by molar-refractivity contribution is 5.36. The van der Waals surface area contributed by atoms with Crippen LogP contribution in [0.1, 0.15) is 0 Å². The summed E-state index contributed by atoms with van der Waals surface area (Å²) in [4.78, 5) is 10.2. The first-order valence-electron chi connectivity index (χ1n) is 9.67. The number of nitro groups is 1. The van der Waals surface area contributed by atoms with Crippen LogP contribution in [-0.4, -0.2) is 115 Å². The van der Waals surface area contributed by atoms with Gasteiger partial charge in [0.25, 0.3) is 5.69 Å². The van der Waals surface area contributed by atoms with E-state index in [1.54, 1.807) is 0 Å². The number of rotatable bonds is 7. The van der Waals surface area contributed by atoms with Crippen LogP contribution in [-0.2, 0) is 14.2 Å². The summed E-state index contributed by atoms with van der Waals surface area (Å²) < 4.78 is 21.8. The maximum atomic E-state index is 10.8. The number of ether oxygens (including phenoxy) is 4. The summed E-state index contributed by atoms with van der Waals surface area (Å²) in [6.45, 7) is -1.41. The van der Waals surface area contributed by atoms with E-state index in [1.165, 1.54) is 12.1 Å². The molecule has 0 aromatic heterocycles. The number of aliphatic hydroxyl groups excluding tert-OH is 7. The molecule has 10 atom stereocenters. The van der Waals surface area contributed by atoms with Gasteiger partial charge in [-0.05, 0) is 12.1 Å². The van der Waals surface area contributed by atoms with E-state index in [9.17, 15) is 45.9 Å². The second-order valence-corrected chi connectivity index (χ2v) is 7.37. The first-order chi connectivity index (χ1) is 15.2. The molecule has 2 aliphatic rings. The van der Waals surface area contributed by atoms with Crippen LogP contribution in [0.25, 0.3) is 0 Å². The third kappa shape index (κ3) is 4.99. The molecule has 2 aliphatic heterocycles. The van der Waals surface area contributed by atoms with Crippen molar-refractivity contribution in [3.05, 3.63) is 34.4 Å². The van der Waals surface area contributed by atoms with Gasteiger partial charge < -0.3 is 54.7 Å². The Hall–Kier alpha value is -1.98. The van der Waals surface area contributed by atoms with Gasteiger partial charge in [-0.2, -0.15) is 0 Å². The van der Waals surface area contributed by atoms with E-state index in [1.807, 2.05) is 0 Å². The zero-order valence-electron chi connectivity index (χ0n) is 16.5. The number of nitrogens with zero attached hydrogens (tertiary/aromatic N) is 1. The SMILES string of the molecule is O=[N+]([O-])c1ccc(O[C@H]2O[C@H](CO)[C@@H](O)[C@H](O)[C@@H]2O[C@@H]2O[C@H](CO)[C@@H](O)[C@H](O)[C@H]2O)cc1. The molecule has 1 aromatic rings. The van der Waals surface area contributed by atoms with Gasteiger partial charge in [-0.1, -0.05) is 0 Å². The third-order valence-corrected chi connectivity index (χ3v) is 5.26. The average molecular weight is 463 g/mol. The number of hydrogen-bond acceptors (Lipinski definition) is 13. The fraction of sp³-hybridized carbons (Fsp3) is 0.667. The monoisotopic (exact) mass is 463 g/mol. The highest BCUT2D eigenvalue weighted by atomic mass is 16.8. The lowest BCUT2D eigenvalue weighted by atomic mass is 9.97. The molecule has 0 aliphatic carbocycles. The Morgan fingerprint density at radius 1 is 0.812 bits per heavy atom. The zero-order valence-corrected chi connectivity index (χ0v) is 16.5. The first-order valence-corrected chi connectivity index (χ1v) is 9.67. The van der Waals surface area contributed by atoms with E-state index < -0.39 is 79.5 Å². The molecule has 0 amide bonds. The highest BCUT2D eigenvalue weighted by Crippen LogP contribution is 2.31. The number of non-ortho nitro benzene ring substituents is 1. The van der Waals surface area contributed by atoms with Crippen LogP contribution in [0.15, 0.2) is 24.3 Å². The van der Waals surface area contributed by atoms with Gasteiger partial charge in [0, 0.05) is 12.1 Å². The molecule has 2 fully saturated rings. The zero-order chi connectivity index (χ0) is 23.6. The molecule has 0 bridgehead atoms. The van der Waals surface area contributed by atoms with Crippen molar-refractivity contribution in [1.29, 1.82) is 0 Å². The molecule has 2 saturated heterocycles. The molecule has 0 radical (unpaired) electrons. The van der Waals surface area contributed by atoms with Gasteiger partial charge >= 0.3 is 0 Å². The fourth-order valence-electron chi connectivity index (χ4n) is 3.41. The van der Waals surface area contributed by atoms with Crippen molar-refractivity contribution in [2.75, 3.05) is 13.2 Å². The lowest BCUT2D eigenvalue weighted by Gasteiger charge is -2.45. The van der Waals surface area contributed by atoms with Crippen molar-refractivity contribution >= 4 is 5.69 Å². The van der Waals surface area contributed by atoms with Crippen molar-refractivity contribution < 1.29 is 59.6 Å². The van der Waals surface area contributed by atoms with Crippen LogP contribution in [0.2, 0.25) is 0 Å². The van der Waals surface area contributed by atoms with Crippen LogP contribution in [0, 0.1) is 10.1 Å². The molecule has 14 nitrogen and oxygen atoms in total. The Bertz CT molecular complexity index is 762. The van der Waals surface area contributed by atoms with Crippen molar-refractivity contribution in [2.45, 2.75) is 61.4 Å². The minimum absolute atomic E-state index is 0.0586. The second-order valence-electron chi connectivity index (χ2n) is 7.37. The van der Waals surface area contributed by atoms with Crippen LogP contribution < -0.4 is 4.74 Å². The Kier molecular flexibility index (Phi) is 7.94. The molecular formula is C18H25NO13. The molecule has 0 spiro atoms. The maximum absolute atomic E-state index is 10.8. The Morgan fingerprint density at radius 3 is 1.88 bits per heavy atom. The van der Waals surface area contributed by atoms with Crippen LogP contribution >= 0.6 is 0 Å². The molecule has 7 N–H and O–H groups in total. The predicted molar refractivity (Wildman–Crippen MR) is 100 cm³/mol. The van der Waals surface area contributed by atoms with Gasteiger partial charge in [0.15, 0.2) is 12.4 Å². The Labute approximate surface area is 180 Å².